The number of carbonyl (C=O) groups excluding carboxylic acids is 1. The molecule has 0 saturated carbocycles. The number of hydrogen-bond acceptors (Lipinski definition) is 13. The second kappa shape index (κ2) is 68.2. The minimum Gasteiger partial charge on any atom is -0.394 e. The molecule has 0 spiro atoms. The van der Waals surface area contributed by atoms with Crippen LogP contribution in [0.15, 0.2) is 182 Å². The van der Waals surface area contributed by atoms with Gasteiger partial charge in [-0.25, -0.2) is 0 Å². The van der Waals surface area contributed by atoms with Crippen molar-refractivity contribution in [2.45, 2.75) is 338 Å². The molecule has 12 atom stereocenters. The summed E-state index contributed by atoms with van der Waals surface area (Å²) in [5, 5.41) is 87.6. The largest absolute Gasteiger partial charge is 0.394 e. The number of rotatable bonds is 63. The van der Waals surface area contributed by atoms with Crippen LogP contribution in [0.5, 0.6) is 0 Å². The molecule has 0 radical (unpaired) electrons. The summed E-state index contributed by atoms with van der Waals surface area (Å²) in [6.07, 6.45) is 91.0. The van der Waals surface area contributed by atoms with E-state index in [4.69, 9.17) is 18.9 Å². The van der Waals surface area contributed by atoms with Gasteiger partial charge >= 0.3 is 0 Å². The van der Waals surface area contributed by atoms with Crippen molar-refractivity contribution in [3.63, 3.8) is 0 Å². The van der Waals surface area contributed by atoms with Crippen LogP contribution in [0.25, 0.3) is 0 Å². The number of aliphatic hydroxyl groups excluding tert-OH is 8. The quantitative estimate of drug-likeness (QED) is 0.0204. The van der Waals surface area contributed by atoms with Crippen molar-refractivity contribution in [1.82, 2.24) is 5.32 Å². The minimum absolute atomic E-state index is 0.228. The van der Waals surface area contributed by atoms with Crippen LogP contribution in [-0.2, 0) is 23.7 Å². The Labute approximate surface area is 612 Å². The molecule has 0 aromatic heterocycles. The Kier molecular flexibility index (Phi) is 62.3. The van der Waals surface area contributed by atoms with Crippen LogP contribution in [0, 0.1) is 0 Å². The number of amides is 1. The first kappa shape index (κ1) is 92.2. The van der Waals surface area contributed by atoms with Crippen LogP contribution < -0.4 is 5.32 Å². The molecule has 572 valence electrons. The molecular weight excluding hydrogens is 1270 g/mol. The van der Waals surface area contributed by atoms with Crippen molar-refractivity contribution in [3.8, 4) is 0 Å². The van der Waals surface area contributed by atoms with Gasteiger partial charge in [0.05, 0.1) is 32.0 Å². The van der Waals surface area contributed by atoms with E-state index in [0.29, 0.717) is 12.8 Å². The van der Waals surface area contributed by atoms with Crippen molar-refractivity contribution in [2.24, 2.45) is 0 Å². The number of allylic oxidation sites excluding steroid dienone is 29. The van der Waals surface area contributed by atoms with Crippen LogP contribution >= 0.6 is 0 Å². The number of aliphatic hydroxyl groups is 8. The summed E-state index contributed by atoms with van der Waals surface area (Å²) in [6.45, 7) is 2.65. The lowest BCUT2D eigenvalue weighted by molar-refractivity contribution is -0.359. The Balaban J connectivity index is 1.68. The van der Waals surface area contributed by atoms with Crippen molar-refractivity contribution in [1.29, 1.82) is 0 Å². The highest BCUT2D eigenvalue weighted by atomic mass is 16.7. The van der Waals surface area contributed by atoms with E-state index in [1.54, 1.807) is 6.08 Å². The summed E-state index contributed by atoms with van der Waals surface area (Å²) < 4.78 is 22.8. The molecule has 101 heavy (non-hydrogen) atoms. The molecule has 0 aliphatic carbocycles. The van der Waals surface area contributed by atoms with Crippen LogP contribution in [0.3, 0.4) is 0 Å². The Bertz CT molecular complexity index is 2410. The number of carbonyl (C=O) groups is 1. The van der Waals surface area contributed by atoms with Gasteiger partial charge in [-0.1, -0.05) is 305 Å². The third-order valence-electron chi connectivity index (χ3n) is 17.8. The third kappa shape index (κ3) is 51.0. The van der Waals surface area contributed by atoms with Gasteiger partial charge in [0.2, 0.25) is 5.91 Å². The molecule has 14 heteroatoms. The first-order chi connectivity index (χ1) is 49.6. The van der Waals surface area contributed by atoms with Gasteiger partial charge in [0.1, 0.15) is 48.8 Å². The van der Waals surface area contributed by atoms with Gasteiger partial charge in [0.25, 0.3) is 0 Å². The Morgan fingerprint density at radius 3 is 1.09 bits per heavy atom. The molecule has 14 nitrogen and oxygen atoms in total. The second-order valence-corrected chi connectivity index (χ2v) is 26.7. The van der Waals surface area contributed by atoms with Gasteiger partial charge in [0.15, 0.2) is 12.6 Å². The van der Waals surface area contributed by atoms with Gasteiger partial charge in [-0.15, -0.1) is 0 Å². The highest BCUT2D eigenvalue weighted by molar-refractivity contribution is 5.76. The predicted octanol–water partition coefficient (Wildman–Crippen LogP) is 18.1. The zero-order valence-electron chi connectivity index (χ0n) is 62.6. The van der Waals surface area contributed by atoms with Gasteiger partial charge in [0, 0.05) is 6.42 Å². The number of ether oxygens (including phenoxy) is 4. The Hall–Kier alpha value is -4.91. The van der Waals surface area contributed by atoms with E-state index < -0.39 is 86.8 Å². The predicted molar refractivity (Wildman–Crippen MR) is 419 cm³/mol. The van der Waals surface area contributed by atoms with Gasteiger partial charge in [-0.05, 0) is 135 Å². The fraction of sp³-hybridized carbons (Fsp3) is 0.644. The van der Waals surface area contributed by atoms with Crippen molar-refractivity contribution < 1.29 is 64.6 Å². The monoisotopic (exact) mass is 1410 g/mol. The molecule has 2 aliphatic heterocycles. The highest BCUT2D eigenvalue weighted by Crippen LogP contribution is 2.30. The van der Waals surface area contributed by atoms with Gasteiger partial charge in [-0.3, -0.25) is 4.79 Å². The molecule has 2 heterocycles. The maximum Gasteiger partial charge on any atom is 0.220 e. The standard InChI is InChI=1S/C87H141NO13/c1-3-5-7-9-11-13-15-17-19-21-23-25-27-29-31-32-33-34-35-36-37-38-39-40-41-42-43-44-45-47-49-51-53-55-57-59-61-63-65-67-69-71-79(92)88-75(74-98-86-84(97)82(95)85(78(73-90)100-86)101-87-83(96)81(94)80(93)77(72-89)99-87)76(91)70-68-66-64-62-60-58-56-54-52-50-48-46-30-28-26-24-22-20-18-16-14-12-10-8-6-4-2/h5,7,11,13,17,19,23,25,29,31,33-34,36-37,39-40,42-43,45,47,51-54,57,59-60,62,68,70,75-78,80-87,89-91,93-97H,3-4,6,8-10,12,14-16,18,20-22,24,26-28,30,32,35,38,41,44,46,48-50,55-56,58,61,63-67,69,71-74H2,1-2H3,(H,88,92)/b7-5-,13-11-,19-17-,25-23-,31-29-,34-33-,37-36-,40-39-,43-42-,47-45-,53-51-,54-52+,59-57-,62-60+,70-68+. The lowest BCUT2D eigenvalue weighted by Crippen LogP contribution is -2.65. The van der Waals surface area contributed by atoms with E-state index in [0.717, 1.165) is 128 Å². The molecule has 1 amide bonds. The van der Waals surface area contributed by atoms with E-state index in [2.05, 4.69) is 189 Å². The third-order valence-corrected chi connectivity index (χ3v) is 17.8. The molecule has 12 unspecified atom stereocenters. The fourth-order valence-corrected chi connectivity index (χ4v) is 11.6. The number of nitrogens with one attached hydrogen (secondary N) is 1. The van der Waals surface area contributed by atoms with Crippen LogP contribution in [-0.4, -0.2) is 140 Å². The maximum absolute atomic E-state index is 13.4. The summed E-state index contributed by atoms with van der Waals surface area (Å²) in [5.74, 6) is -0.284. The van der Waals surface area contributed by atoms with Crippen LogP contribution in [0.4, 0.5) is 0 Å². The van der Waals surface area contributed by atoms with Gasteiger partial charge < -0.3 is 65.1 Å². The highest BCUT2D eigenvalue weighted by Gasteiger charge is 2.51. The van der Waals surface area contributed by atoms with E-state index in [1.807, 2.05) is 6.08 Å². The summed E-state index contributed by atoms with van der Waals surface area (Å²) >= 11 is 0. The topological polar surface area (TPSA) is 228 Å². The van der Waals surface area contributed by atoms with E-state index in [1.165, 1.54) is 103 Å². The number of unbranched alkanes of at least 4 members (excludes halogenated alkanes) is 22. The lowest BCUT2D eigenvalue weighted by atomic mass is 9.97. The second-order valence-electron chi connectivity index (χ2n) is 26.7. The normalized spacial score (nSPS) is 22.8. The first-order valence-electron chi connectivity index (χ1n) is 39.5. The summed E-state index contributed by atoms with van der Waals surface area (Å²) in [7, 11) is 0. The van der Waals surface area contributed by atoms with Crippen LogP contribution in [0.2, 0.25) is 0 Å². The first-order valence-corrected chi connectivity index (χ1v) is 39.5. The number of hydrogen-bond donors (Lipinski definition) is 9. The van der Waals surface area contributed by atoms with Crippen molar-refractivity contribution in [3.05, 3.63) is 182 Å². The fourth-order valence-electron chi connectivity index (χ4n) is 11.6. The maximum atomic E-state index is 13.4. The molecule has 0 bridgehead atoms. The molecule has 9 N–H and O–H groups in total. The Morgan fingerprint density at radius 2 is 0.693 bits per heavy atom. The summed E-state index contributed by atoms with van der Waals surface area (Å²) in [4.78, 5) is 13.4. The molecule has 2 saturated heterocycles. The summed E-state index contributed by atoms with van der Waals surface area (Å²) in [5.41, 5.74) is 0. The van der Waals surface area contributed by atoms with E-state index in [-0.39, 0.29) is 18.9 Å². The van der Waals surface area contributed by atoms with E-state index in [9.17, 15) is 45.6 Å². The zero-order chi connectivity index (χ0) is 73.0. The smallest absolute Gasteiger partial charge is 0.220 e. The molecule has 0 aromatic carbocycles. The molecule has 0 aromatic rings. The van der Waals surface area contributed by atoms with E-state index >= 15 is 0 Å². The minimum atomic E-state index is -1.81. The van der Waals surface area contributed by atoms with Crippen molar-refractivity contribution in [2.75, 3.05) is 19.8 Å². The lowest BCUT2D eigenvalue weighted by Gasteiger charge is -2.46. The molecule has 2 fully saturated rings. The summed E-state index contributed by atoms with van der Waals surface area (Å²) in [6, 6.07) is -0.968. The van der Waals surface area contributed by atoms with Crippen LogP contribution in [0.1, 0.15) is 264 Å². The Morgan fingerprint density at radius 1 is 0.366 bits per heavy atom. The average molecular weight is 1410 g/mol. The molecule has 2 aliphatic rings. The van der Waals surface area contributed by atoms with Crippen molar-refractivity contribution >= 4 is 5.91 Å². The molecule has 2 rings (SSSR count). The zero-order valence-corrected chi connectivity index (χ0v) is 62.6. The average Bonchev–Trinajstić information content (AvgIpc) is 0.792. The SMILES string of the molecule is CC/C=C\C/C=C\C/C=C\C/C=C\C/C=C\C/C=C\C/C=C\C/C=C\C/C=C\C/C=C\C/C=C\C/C=C\CCCCCCC(=O)NC(COC1OC(CO)C(OC2OC(CO)C(O)C(O)C2O)C(O)C1O)C(O)/C=C/CC/C=C/CC/C=C/CCCCCCCCCCCCCCCCCC. The van der Waals surface area contributed by atoms with Gasteiger partial charge in [-0.2, -0.15) is 0 Å². The molecular formula is C87H141NO13.